The summed E-state index contributed by atoms with van der Waals surface area (Å²) < 4.78 is 62.5. The summed E-state index contributed by atoms with van der Waals surface area (Å²) in [5, 5.41) is 3.85. The molecular formula is C9H15F3N4O2S. The van der Waals surface area contributed by atoms with E-state index in [2.05, 4.69) is 9.82 Å². The number of halogens is 3. The predicted molar refractivity (Wildman–Crippen MR) is 63.8 cm³/mol. The molecule has 0 amide bonds. The Labute approximate surface area is 108 Å². The molecule has 0 saturated heterocycles. The zero-order valence-electron chi connectivity index (χ0n) is 10.2. The van der Waals surface area contributed by atoms with Crippen molar-refractivity contribution >= 4 is 15.8 Å². The second-order valence-corrected chi connectivity index (χ2v) is 5.86. The molecule has 1 heterocycles. The van der Waals surface area contributed by atoms with Crippen molar-refractivity contribution in [2.24, 2.45) is 12.8 Å². The minimum atomic E-state index is -4.36. The standard InChI is InChI=1S/C9H15F3N4O2S/c1-16-6-7(5-13)8(14-16)15-19(17,18)4-2-3-9(10,11)12/h6H,2-5,13H2,1H3,(H,14,15). The zero-order chi connectivity index (χ0) is 14.7. The summed E-state index contributed by atoms with van der Waals surface area (Å²) in [5.41, 5.74) is 5.88. The third-order valence-electron chi connectivity index (χ3n) is 2.25. The molecule has 10 heteroatoms. The zero-order valence-corrected chi connectivity index (χ0v) is 11.1. The fraction of sp³-hybridized carbons (Fsp3) is 0.667. The lowest BCUT2D eigenvalue weighted by Crippen LogP contribution is -2.20. The van der Waals surface area contributed by atoms with Crippen LogP contribution in [0.15, 0.2) is 6.20 Å². The van der Waals surface area contributed by atoms with Crippen molar-refractivity contribution in [1.82, 2.24) is 9.78 Å². The third-order valence-corrected chi connectivity index (χ3v) is 3.58. The van der Waals surface area contributed by atoms with Crippen molar-refractivity contribution in [2.45, 2.75) is 25.6 Å². The normalized spacial score (nSPS) is 12.7. The van der Waals surface area contributed by atoms with E-state index < -0.39 is 34.8 Å². The molecular weight excluding hydrogens is 285 g/mol. The summed E-state index contributed by atoms with van der Waals surface area (Å²) in [5.74, 6) is -0.565. The monoisotopic (exact) mass is 300 g/mol. The smallest absolute Gasteiger partial charge is 0.326 e. The number of sulfonamides is 1. The molecule has 0 atom stereocenters. The second-order valence-electron chi connectivity index (χ2n) is 4.02. The molecule has 0 fully saturated rings. The maximum absolute atomic E-state index is 11.9. The van der Waals surface area contributed by atoms with E-state index in [9.17, 15) is 21.6 Å². The lowest BCUT2D eigenvalue weighted by Gasteiger charge is -2.08. The molecule has 110 valence electrons. The van der Waals surface area contributed by atoms with Crippen LogP contribution in [0.25, 0.3) is 0 Å². The van der Waals surface area contributed by atoms with Gasteiger partial charge in [0, 0.05) is 31.8 Å². The average molecular weight is 300 g/mol. The maximum Gasteiger partial charge on any atom is 0.389 e. The van der Waals surface area contributed by atoms with Gasteiger partial charge in [-0.05, 0) is 6.42 Å². The van der Waals surface area contributed by atoms with Crippen LogP contribution in [0.4, 0.5) is 19.0 Å². The van der Waals surface area contributed by atoms with E-state index >= 15 is 0 Å². The van der Waals surface area contributed by atoms with Gasteiger partial charge < -0.3 is 5.73 Å². The van der Waals surface area contributed by atoms with Crippen molar-refractivity contribution in [3.05, 3.63) is 11.8 Å². The number of hydrogen-bond acceptors (Lipinski definition) is 4. The van der Waals surface area contributed by atoms with E-state index in [4.69, 9.17) is 5.73 Å². The van der Waals surface area contributed by atoms with Crippen LogP contribution in [0.3, 0.4) is 0 Å². The van der Waals surface area contributed by atoms with Crippen LogP contribution in [0.5, 0.6) is 0 Å². The highest BCUT2D eigenvalue weighted by molar-refractivity contribution is 7.92. The Morgan fingerprint density at radius 2 is 2.11 bits per heavy atom. The third kappa shape index (κ3) is 5.47. The number of nitrogens with one attached hydrogen (secondary N) is 1. The first kappa shape index (κ1) is 15.8. The number of nitrogens with two attached hydrogens (primary N) is 1. The Kier molecular flexibility index (Phi) is 4.80. The first-order valence-corrected chi connectivity index (χ1v) is 7.08. The van der Waals surface area contributed by atoms with Gasteiger partial charge in [0.1, 0.15) is 0 Å². The summed E-state index contributed by atoms with van der Waals surface area (Å²) in [7, 11) is -2.27. The topological polar surface area (TPSA) is 90.0 Å². The highest BCUT2D eigenvalue weighted by Crippen LogP contribution is 2.22. The van der Waals surface area contributed by atoms with E-state index in [0.717, 1.165) is 0 Å². The minimum absolute atomic E-state index is 0.0528. The van der Waals surface area contributed by atoms with E-state index in [1.807, 2.05) is 0 Å². The number of nitrogens with zero attached hydrogens (tertiary/aromatic N) is 2. The predicted octanol–water partition coefficient (Wildman–Crippen LogP) is 0.963. The van der Waals surface area contributed by atoms with Crippen LogP contribution >= 0.6 is 0 Å². The number of rotatable bonds is 6. The lowest BCUT2D eigenvalue weighted by atomic mass is 10.3. The van der Waals surface area contributed by atoms with Gasteiger partial charge in [0.2, 0.25) is 10.0 Å². The first-order valence-electron chi connectivity index (χ1n) is 5.43. The van der Waals surface area contributed by atoms with Crippen LogP contribution < -0.4 is 10.5 Å². The molecule has 0 spiro atoms. The minimum Gasteiger partial charge on any atom is -0.326 e. The molecule has 0 aromatic carbocycles. The van der Waals surface area contributed by atoms with Gasteiger partial charge in [-0.1, -0.05) is 0 Å². The van der Waals surface area contributed by atoms with Crippen molar-refractivity contribution in [3.8, 4) is 0 Å². The van der Waals surface area contributed by atoms with E-state index in [1.165, 1.54) is 10.9 Å². The number of anilines is 1. The highest BCUT2D eigenvalue weighted by atomic mass is 32.2. The molecule has 0 radical (unpaired) electrons. The Morgan fingerprint density at radius 1 is 1.47 bits per heavy atom. The number of alkyl halides is 3. The van der Waals surface area contributed by atoms with Gasteiger partial charge >= 0.3 is 6.18 Å². The van der Waals surface area contributed by atoms with Gasteiger partial charge in [0.15, 0.2) is 5.82 Å². The number of hydrogen-bond donors (Lipinski definition) is 2. The summed E-state index contributed by atoms with van der Waals surface area (Å²) in [6, 6.07) is 0. The molecule has 6 nitrogen and oxygen atoms in total. The summed E-state index contributed by atoms with van der Waals surface area (Å²) >= 11 is 0. The van der Waals surface area contributed by atoms with Crippen LogP contribution in [-0.2, 0) is 23.6 Å². The lowest BCUT2D eigenvalue weighted by molar-refractivity contribution is -0.134. The molecule has 0 saturated carbocycles. The molecule has 0 unspecified atom stereocenters. The van der Waals surface area contributed by atoms with Gasteiger partial charge in [-0.25, -0.2) is 8.42 Å². The van der Waals surface area contributed by atoms with Crippen LogP contribution in [0.1, 0.15) is 18.4 Å². The summed E-state index contributed by atoms with van der Waals surface area (Å²) in [6.07, 6.45) is -4.46. The molecule has 1 rings (SSSR count). The van der Waals surface area contributed by atoms with Gasteiger partial charge in [0.05, 0.1) is 5.75 Å². The largest absolute Gasteiger partial charge is 0.389 e. The Bertz CT molecular complexity index is 524. The first-order chi connectivity index (χ1) is 8.63. The SMILES string of the molecule is Cn1cc(CN)c(NS(=O)(=O)CCCC(F)(F)F)n1. The Balaban J connectivity index is 2.64. The average Bonchev–Trinajstić information content (AvgIpc) is 2.55. The molecule has 0 aliphatic carbocycles. The van der Waals surface area contributed by atoms with Crippen LogP contribution in [0.2, 0.25) is 0 Å². The molecule has 0 aliphatic rings. The maximum atomic E-state index is 11.9. The summed E-state index contributed by atoms with van der Waals surface area (Å²) in [4.78, 5) is 0. The molecule has 1 aromatic heterocycles. The second kappa shape index (κ2) is 5.78. The van der Waals surface area contributed by atoms with Crippen molar-refractivity contribution < 1.29 is 21.6 Å². The van der Waals surface area contributed by atoms with E-state index in [1.54, 1.807) is 7.05 Å². The van der Waals surface area contributed by atoms with Crippen LogP contribution in [-0.4, -0.2) is 30.1 Å². The fourth-order valence-electron chi connectivity index (χ4n) is 1.43. The van der Waals surface area contributed by atoms with E-state index in [0.29, 0.717) is 5.56 Å². The van der Waals surface area contributed by atoms with Gasteiger partial charge in [0.25, 0.3) is 0 Å². The van der Waals surface area contributed by atoms with Gasteiger partial charge in [-0.15, -0.1) is 0 Å². The molecule has 0 bridgehead atoms. The fourth-order valence-corrected chi connectivity index (χ4v) is 2.53. The number of aryl methyl sites for hydroxylation is 1. The molecule has 3 N–H and O–H groups in total. The Hall–Kier alpha value is -1.29. The summed E-state index contributed by atoms with van der Waals surface area (Å²) in [6.45, 7) is 0.0776. The van der Waals surface area contributed by atoms with Crippen molar-refractivity contribution in [3.63, 3.8) is 0 Å². The molecule has 1 aromatic rings. The molecule has 19 heavy (non-hydrogen) atoms. The van der Waals surface area contributed by atoms with Crippen LogP contribution in [0, 0.1) is 0 Å². The van der Waals surface area contributed by atoms with Gasteiger partial charge in [-0.2, -0.15) is 18.3 Å². The molecule has 0 aliphatic heterocycles. The van der Waals surface area contributed by atoms with Crippen molar-refractivity contribution in [2.75, 3.05) is 10.5 Å². The highest BCUT2D eigenvalue weighted by Gasteiger charge is 2.27. The van der Waals surface area contributed by atoms with E-state index in [-0.39, 0.29) is 12.4 Å². The van der Waals surface area contributed by atoms with Gasteiger partial charge in [-0.3, -0.25) is 9.40 Å². The van der Waals surface area contributed by atoms with Crippen molar-refractivity contribution in [1.29, 1.82) is 0 Å². The Morgan fingerprint density at radius 3 is 2.63 bits per heavy atom. The quantitative estimate of drug-likeness (QED) is 0.819. The number of aromatic nitrogens is 2.